The van der Waals surface area contributed by atoms with E-state index in [0.717, 1.165) is 17.4 Å². The van der Waals surface area contributed by atoms with Crippen molar-refractivity contribution >= 4 is 17.9 Å². The maximum absolute atomic E-state index is 12.4. The van der Waals surface area contributed by atoms with Crippen molar-refractivity contribution in [1.82, 2.24) is 0 Å². The highest BCUT2D eigenvalue weighted by molar-refractivity contribution is 5.78. The largest absolute Gasteiger partial charge is 0.573 e. The number of rotatable bonds is 10. The minimum Gasteiger partial charge on any atom is -0.492 e. The molecule has 0 radical (unpaired) electrons. The number of ether oxygens (including phenoxy) is 3. The highest BCUT2D eigenvalue weighted by Gasteiger charge is 2.31. The lowest BCUT2D eigenvalue weighted by Gasteiger charge is -2.15. The number of aliphatic carboxylic acids is 1. The third-order valence-electron chi connectivity index (χ3n) is 5.67. The van der Waals surface area contributed by atoms with E-state index in [1.807, 2.05) is 6.07 Å². The van der Waals surface area contributed by atoms with Gasteiger partial charge < -0.3 is 24.6 Å². The van der Waals surface area contributed by atoms with Crippen LogP contribution in [-0.4, -0.2) is 30.3 Å². The fourth-order valence-corrected chi connectivity index (χ4v) is 3.97. The van der Waals surface area contributed by atoms with Crippen LogP contribution in [-0.2, 0) is 17.9 Å². The summed E-state index contributed by atoms with van der Waals surface area (Å²) in [6.07, 6.45) is -4.05. The van der Waals surface area contributed by atoms with Crippen LogP contribution in [0.5, 0.6) is 17.2 Å². The number of benzene rings is 3. The average Bonchev–Trinajstić information content (AvgIpc) is 3.22. The van der Waals surface area contributed by atoms with Gasteiger partial charge in [0, 0.05) is 35.3 Å². The van der Waals surface area contributed by atoms with Crippen molar-refractivity contribution in [2.45, 2.75) is 31.9 Å². The first-order chi connectivity index (χ1) is 17.2. The molecule has 0 aromatic heterocycles. The van der Waals surface area contributed by atoms with Crippen molar-refractivity contribution in [2.24, 2.45) is 0 Å². The van der Waals surface area contributed by atoms with E-state index in [-0.39, 0.29) is 31.2 Å². The Morgan fingerprint density at radius 3 is 2.56 bits per heavy atom. The van der Waals surface area contributed by atoms with E-state index in [1.54, 1.807) is 30.3 Å². The minimum atomic E-state index is -4.77. The van der Waals surface area contributed by atoms with E-state index < -0.39 is 12.3 Å². The Hall–Kier alpha value is -4.21. The highest BCUT2D eigenvalue weighted by Crippen LogP contribution is 2.38. The van der Waals surface area contributed by atoms with Crippen LogP contribution in [0, 0.1) is 0 Å². The van der Waals surface area contributed by atoms with Crippen LogP contribution in [0.4, 0.5) is 18.9 Å². The zero-order chi connectivity index (χ0) is 25.7. The molecule has 2 N–H and O–H groups in total. The second-order valence-electron chi connectivity index (χ2n) is 8.12. The second-order valence-corrected chi connectivity index (χ2v) is 8.12. The molecule has 3 aromatic rings. The van der Waals surface area contributed by atoms with Gasteiger partial charge in [0.1, 0.15) is 30.1 Å². The van der Waals surface area contributed by atoms with Gasteiger partial charge in [-0.25, -0.2) is 0 Å². The molecule has 10 heteroatoms. The average molecular weight is 501 g/mol. The van der Waals surface area contributed by atoms with E-state index >= 15 is 0 Å². The summed E-state index contributed by atoms with van der Waals surface area (Å²) in [6.45, 7) is 0.678. The second kappa shape index (κ2) is 10.6. The number of fused-ring (bicyclic) bond motifs is 1. The molecule has 1 aliphatic heterocycles. The van der Waals surface area contributed by atoms with Gasteiger partial charge in [-0.15, -0.1) is 13.2 Å². The fourth-order valence-electron chi connectivity index (χ4n) is 3.97. The molecule has 1 aliphatic rings. The van der Waals surface area contributed by atoms with E-state index in [0.29, 0.717) is 34.9 Å². The smallest absolute Gasteiger partial charge is 0.492 e. The molecule has 3 aromatic carbocycles. The Kier molecular flexibility index (Phi) is 7.33. The van der Waals surface area contributed by atoms with E-state index in [2.05, 4.69) is 10.1 Å². The number of nitrogens with one attached hydrogen (secondary N) is 1. The first kappa shape index (κ1) is 24.9. The van der Waals surface area contributed by atoms with Crippen LogP contribution >= 0.6 is 0 Å². The Morgan fingerprint density at radius 2 is 1.86 bits per heavy atom. The summed E-state index contributed by atoms with van der Waals surface area (Å²) in [5.41, 5.74) is 3.25. The first-order valence-corrected chi connectivity index (χ1v) is 11.0. The number of anilines is 1. The molecule has 0 aliphatic carbocycles. The zero-order valence-electron chi connectivity index (χ0n) is 18.9. The van der Waals surface area contributed by atoms with Gasteiger partial charge in [0.05, 0.1) is 13.0 Å². The number of hydrogen-bond donors (Lipinski definition) is 2. The third kappa shape index (κ3) is 6.26. The summed E-state index contributed by atoms with van der Waals surface area (Å²) >= 11 is 0. The van der Waals surface area contributed by atoms with Crippen molar-refractivity contribution in [1.29, 1.82) is 0 Å². The van der Waals surface area contributed by atoms with E-state index in [4.69, 9.17) is 14.6 Å². The lowest BCUT2D eigenvalue weighted by atomic mass is 9.98. The Morgan fingerprint density at radius 1 is 1.11 bits per heavy atom. The predicted molar refractivity (Wildman–Crippen MR) is 124 cm³/mol. The number of hydrogen-bond acceptors (Lipinski definition) is 6. The topological polar surface area (TPSA) is 94.1 Å². The van der Waals surface area contributed by atoms with Crippen molar-refractivity contribution in [3.63, 3.8) is 0 Å². The maximum atomic E-state index is 12.4. The quantitative estimate of drug-likeness (QED) is 0.352. The van der Waals surface area contributed by atoms with Gasteiger partial charge in [-0.2, -0.15) is 0 Å². The number of carboxylic acids is 1. The lowest BCUT2D eigenvalue weighted by molar-refractivity contribution is -0.274. The van der Waals surface area contributed by atoms with Crippen molar-refractivity contribution in [2.75, 3.05) is 11.9 Å². The van der Waals surface area contributed by atoms with Gasteiger partial charge >= 0.3 is 12.3 Å². The third-order valence-corrected chi connectivity index (χ3v) is 5.67. The van der Waals surface area contributed by atoms with E-state index in [9.17, 15) is 22.8 Å². The van der Waals surface area contributed by atoms with Gasteiger partial charge in [-0.3, -0.25) is 9.59 Å². The summed E-state index contributed by atoms with van der Waals surface area (Å²) in [6, 6.07) is 15.8. The van der Waals surface area contributed by atoms with Crippen molar-refractivity contribution < 1.29 is 42.1 Å². The molecular weight excluding hydrogens is 479 g/mol. The standard InChI is InChI=1S/C26H22F3NO6/c27-26(28,29)36-20-6-4-19(5-7-20)30-12-23-16(13-31)2-1-3-17(23)14-34-21-8-9-22-18(10-25(32)33)15-35-24(22)11-21/h1-9,11,13,18,30H,10,12,14-15H2,(H,32,33). The van der Waals surface area contributed by atoms with Crippen LogP contribution in [0.3, 0.4) is 0 Å². The molecule has 0 fully saturated rings. The number of carboxylic acid groups (broad SMARTS) is 1. The molecule has 36 heavy (non-hydrogen) atoms. The van der Waals surface area contributed by atoms with Gasteiger partial charge in [-0.05, 0) is 41.5 Å². The maximum Gasteiger partial charge on any atom is 0.573 e. The SMILES string of the molecule is O=Cc1cccc(COc2ccc3c(c2)OCC3CC(=O)O)c1CNc1ccc(OC(F)(F)F)cc1. The van der Waals surface area contributed by atoms with Gasteiger partial charge in [0.15, 0.2) is 0 Å². The normalized spacial score (nSPS) is 14.5. The summed E-state index contributed by atoms with van der Waals surface area (Å²) in [7, 11) is 0. The highest BCUT2D eigenvalue weighted by atomic mass is 19.4. The van der Waals surface area contributed by atoms with Crippen LogP contribution in [0.1, 0.15) is 39.4 Å². The monoisotopic (exact) mass is 501 g/mol. The summed E-state index contributed by atoms with van der Waals surface area (Å²) in [4.78, 5) is 22.7. The molecule has 0 saturated carbocycles. The molecule has 0 bridgehead atoms. The number of carbonyl (C=O) groups is 2. The molecule has 4 rings (SSSR count). The number of halogens is 3. The Labute approximate surface area is 204 Å². The van der Waals surface area contributed by atoms with Crippen molar-refractivity contribution in [3.8, 4) is 17.2 Å². The lowest BCUT2D eigenvalue weighted by Crippen LogP contribution is -2.17. The predicted octanol–water partition coefficient (Wildman–Crippen LogP) is 5.54. The molecule has 1 heterocycles. The number of carbonyl (C=O) groups excluding carboxylic acids is 1. The number of alkyl halides is 3. The summed E-state index contributed by atoms with van der Waals surface area (Å²) < 4.78 is 52.5. The molecule has 0 amide bonds. The summed E-state index contributed by atoms with van der Waals surface area (Å²) in [5, 5.41) is 12.1. The Balaban J connectivity index is 1.43. The van der Waals surface area contributed by atoms with Crippen LogP contribution < -0.4 is 19.5 Å². The minimum absolute atomic E-state index is 0.0138. The molecule has 188 valence electrons. The molecule has 1 unspecified atom stereocenters. The first-order valence-electron chi connectivity index (χ1n) is 11.0. The van der Waals surface area contributed by atoms with Gasteiger partial charge in [-0.1, -0.05) is 24.3 Å². The van der Waals surface area contributed by atoms with Gasteiger partial charge in [0.2, 0.25) is 0 Å². The molecular formula is C26H22F3NO6. The molecule has 0 spiro atoms. The molecule has 1 atom stereocenters. The van der Waals surface area contributed by atoms with Crippen LogP contribution in [0.2, 0.25) is 0 Å². The van der Waals surface area contributed by atoms with Gasteiger partial charge in [0.25, 0.3) is 0 Å². The molecule has 7 nitrogen and oxygen atoms in total. The van der Waals surface area contributed by atoms with Crippen LogP contribution in [0.25, 0.3) is 0 Å². The zero-order valence-corrected chi connectivity index (χ0v) is 18.9. The fraction of sp³-hybridized carbons (Fsp3) is 0.231. The number of aldehydes is 1. The molecule has 0 saturated heterocycles. The Bertz CT molecular complexity index is 1240. The summed E-state index contributed by atoms with van der Waals surface area (Å²) in [5.74, 6) is -0.315. The van der Waals surface area contributed by atoms with E-state index in [1.165, 1.54) is 24.3 Å². The van der Waals surface area contributed by atoms with Crippen LogP contribution in [0.15, 0.2) is 60.7 Å². The van der Waals surface area contributed by atoms with Crippen molar-refractivity contribution in [3.05, 3.63) is 82.9 Å².